The van der Waals surface area contributed by atoms with E-state index in [9.17, 15) is 9.50 Å². The molecule has 0 N–H and O–H groups in total. The first-order valence-corrected chi connectivity index (χ1v) is 1.69. The molecule has 6 heavy (non-hydrogen) atoms. The molecule has 0 heterocycles. The molecule has 0 aromatic rings. The number of rotatable bonds is 2. The summed E-state index contributed by atoms with van der Waals surface area (Å²) < 4.78 is 14.6. The molecule has 37 valence electrons. The minimum Gasteiger partial charge on any atom is -0.306 e. The van der Waals surface area contributed by atoms with E-state index < -0.39 is 12.6 Å². The van der Waals surface area contributed by atoms with Gasteiger partial charge in [0.1, 0.15) is 0 Å². The standard InChI is InChI=1S/C2H3ClFO2/c3-2(4)6-1-5/h2H,1H2. The van der Waals surface area contributed by atoms with E-state index in [1.807, 2.05) is 0 Å². The van der Waals surface area contributed by atoms with Crippen molar-refractivity contribution in [3.63, 3.8) is 0 Å². The first kappa shape index (κ1) is 6.14. The zero-order chi connectivity index (χ0) is 4.99. The number of hydrogen-bond acceptors (Lipinski definition) is 1. The van der Waals surface area contributed by atoms with Crippen molar-refractivity contribution in [3.05, 3.63) is 0 Å². The van der Waals surface area contributed by atoms with Crippen molar-refractivity contribution in [2.24, 2.45) is 0 Å². The van der Waals surface area contributed by atoms with Crippen molar-refractivity contribution < 1.29 is 14.2 Å². The molecule has 0 rings (SSSR count). The van der Waals surface area contributed by atoms with E-state index in [1.165, 1.54) is 0 Å². The van der Waals surface area contributed by atoms with E-state index in [1.54, 1.807) is 0 Å². The maximum absolute atomic E-state index is 11.0. The second kappa shape index (κ2) is 3.33. The Hall–Kier alpha value is 0.140. The third-order valence-electron chi connectivity index (χ3n) is 0.194. The maximum atomic E-state index is 11.0. The second-order valence-electron chi connectivity index (χ2n) is 0.545. The van der Waals surface area contributed by atoms with E-state index in [-0.39, 0.29) is 0 Å². The van der Waals surface area contributed by atoms with Gasteiger partial charge in [-0.2, -0.15) is 4.39 Å². The van der Waals surface area contributed by atoms with Crippen molar-refractivity contribution in [2.75, 3.05) is 6.79 Å². The quantitative estimate of drug-likeness (QED) is 0.386. The summed E-state index contributed by atoms with van der Waals surface area (Å²) in [4.78, 5) is 0. The van der Waals surface area contributed by atoms with E-state index >= 15 is 0 Å². The van der Waals surface area contributed by atoms with Crippen LogP contribution in [0.3, 0.4) is 0 Å². The Bertz CT molecular complexity index is 32.7. The summed E-state index contributed by atoms with van der Waals surface area (Å²) in [7, 11) is 0. The highest BCUT2D eigenvalue weighted by atomic mass is 35.5. The van der Waals surface area contributed by atoms with Gasteiger partial charge in [0, 0.05) is 0 Å². The Labute approximate surface area is 39.5 Å². The van der Waals surface area contributed by atoms with Crippen molar-refractivity contribution >= 4 is 11.6 Å². The summed E-state index contributed by atoms with van der Waals surface area (Å²) in [6.07, 6.45) is 0. The van der Waals surface area contributed by atoms with Gasteiger partial charge in [-0.15, -0.1) is 0 Å². The smallest absolute Gasteiger partial charge is 0.278 e. The van der Waals surface area contributed by atoms with Crippen LogP contribution >= 0.6 is 11.6 Å². The lowest BCUT2D eigenvalue weighted by molar-refractivity contribution is -0.0959. The molecule has 0 aromatic heterocycles. The number of hydrogen-bond donors (Lipinski definition) is 0. The van der Waals surface area contributed by atoms with Crippen LogP contribution in [0.2, 0.25) is 0 Å². The fourth-order valence-electron chi connectivity index (χ4n) is 0.0514. The third-order valence-corrected chi connectivity index (χ3v) is 0.320. The van der Waals surface area contributed by atoms with Gasteiger partial charge in [0.2, 0.25) is 0 Å². The molecule has 0 saturated heterocycles. The van der Waals surface area contributed by atoms with Gasteiger partial charge in [-0.3, -0.25) is 0 Å². The molecule has 0 aliphatic heterocycles. The van der Waals surface area contributed by atoms with Crippen LogP contribution in [0.5, 0.6) is 0 Å². The van der Waals surface area contributed by atoms with Crippen LogP contribution in [0, 0.1) is 0 Å². The van der Waals surface area contributed by atoms with Gasteiger partial charge in [0.05, 0.1) is 0 Å². The van der Waals surface area contributed by atoms with Gasteiger partial charge >= 0.3 is 0 Å². The van der Waals surface area contributed by atoms with Crippen molar-refractivity contribution in [3.8, 4) is 0 Å². The van der Waals surface area contributed by atoms with Crippen LogP contribution in [0.25, 0.3) is 0 Å². The lowest BCUT2D eigenvalue weighted by Crippen LogP contribution is -1.95. The molecule has 0 bridgehead atoms. The normalized spacial score (nSPS) is 14.5. The Morgan fingerprint density at radius 2 is 2.50 bits per heavy atom. The molecule has 0 aliphatic carbocycles. The first-order chi connectivity index (χ1) is 2.77. The summed E-state index contributed by atoms with van der Waals surface area (Å²) >= 11 is 4.49. The average Bonchev–Trinajstić information content (AvgIpc) is 1.35. The highest BCUT2D eigenvalue weighted by Crippen LogP contribution is 1.95. The van der Waals surface area contributed by atoms with Crippen LogP contribution < -0.4 is 0 Å². The highest BCUT2D eigenvalue weighted by molar-refractivity contribution is 6.18. The van der Waals surface area contributed by atoms with Gasteiger partial charge in [0.25, 0.3) is 5.82 Å². The number of halogens is 2. The summed E-state index contributed by atoms with van der Waals surface area (Å²) in [5, 5.41) is 9.19. The number of alkyl halides is 2. The molecule has 1 radical (unpaired) electrons. The molecule has 0 aliphatic rings. The molecule has 4 heteroatoms. The Morgan fingerprint density at radius 3 is 2.50 bits per heavy atom. The Morgan fingerprint density at radius 1 is 2.00 bits per heavy atom. The van der Waals surface area contributed by atoms with Gasteiger partial charge in [0.15, 0.2) is 6.79 Å². The monoisotopic (exact) mass is 113 g/mol. The van der Waals surface area contributed by atoms with Crippen LogP contribution in [0.4, 0.5) is 4.39 Å². The van der Waals surface area contributed by atoms with Crippen LogP contribution in [0.15, 0.2) is 0 Å². The molecule has 0 fully saturated rings. The molecule has 1 unspecified atom stereocenters. The van der Waals surface area contributed by atoms with Crippen LogP contribution in [-0.4, -0.2) is 12.6 Å². The lowest BCUT2D eigenvalue weighted by Gasteiger charge is -1.91. The molecule has 2 nitrogen and oxygen atoms in total. The fourth-order valence-corrected chi connectivity index (χ4v) is 0.103. The van der Waals surface area contributed by atoms with E-state index in [2.05, 4.69) is 16.3 Å². The fraction of sp³-hybridized carbons (Fsp3) is 1.00. The first-order valence-electron chi connectivity index (χ1n) is 1.25. The van der Waals surface area contributed by atoms with Gasteiger partial charge < -0.3 is 4.74 Å². The maximum Gasteiger partial charge on any atom is 0.278 e. The van der Waals surface area contributed by atoms with Crippen LogP contribution in [-0.2, 0) is 9.84 Å². The summed E-state index contributed by atoms with van der Waals surface area (Å²) in [6, 6.07) is 0. The molecule has 0 amide bonds. The minimum atomic E-state index is -1.94. The van der Waals surface area contributed by atoms with E-state index in [0.29, 0.717) is 0 Å². The molecule has 0 aromatic carbocycles. The van der Waals surface area contributed by atoms with Crippen molar-refractivity contribution in [1.82, 2.24) is 0 Å². The van der Waals surface area contributed by atoms with Crippen LogP contribution in [0.1, 0.15) is 0 Å². The topological polar surface area (TPSA) is 29.1 Å². The van der Waals surface area contributed by atoms with E-state index in [0.717, 1.165) is 0 Å². The predicted octanol–water partition coefficient (Wildman–Crippen LogP) is 0.883. The van der Waals surface area contributed by atoms with Crippen molar-refractivity contribution in [2.45, 2.75) is 5.82 Å². The zero-order valence-electron chi connectivity index (χ0n) is 2.86. The Kier molecular flexibility index (Phi) is 3.41. The molecule has 0 spiro atoms. The summed E-state index contributed by atoms with van der Waals surface area (Å²) in [5.41, 5.74) is 0. The summed E-state index contributed by atoms with van der Waals surface area (Å²) in [5.74, 6) is -1.94. The Balaban J connectivity index is 2.63. The van der Waals surface area contributed by atoms with Gasteiger partial charge in [-0.1, -0.05) is 11.6 Å². The lowest BCUT2D eigenvalue weighted by atomic mass is 11.4. The second-order valence-corrected chi connectivity index (χ2v) is 0.888. The van der Waals surface area contributed by atoms with Gasteiger partial charge in [-0.25, -0.2) is 5.11 Å². The third kappa shape index (κ3) is 4.14. The highest BCUT2D eigenvalue weighted by Gasteiger charge is 1.94. The van der Waals surface area contributed by atoms with Crippen molar-refractivity contribution in [1.29, 1.82) is 0 Å². The van der Waals surface area contributed by atoms with E-state index in [4.69, 9.17) is 0 Å². The predicted molar refractivity (Wildman–Crippen MR) is 17.4 cm³/mol. The molecular formula is C2H3ClFO2. The minimum absolute atomic E-state index is 0.926. The zero-order valence-corrected chi connectivity index (χ0v) is 3.61. The van der Waals surface area contributed by atoms with Gasteiger partial charge in [-0.05, 0) is 0 Å². The number of ether oxygens (including phenoxy) is 1. The molecular weight excluding hydrogens is 110 g/mol. The largest absolute Gasteiger partial charge is 0.306 e. The average molecular weight is 113 g/mol. The molecule has 0 saturated carbocycles. The summed E-state index contributed by atoms with van der Waals surface area (Å²) in [6.45, 7) is -0.926. The SMILES string of the molecule is [O]COC(F)Cl. The molecule has 1 atom stereocenters.